The fourth-order valence-corrected chi connectivity index (χ4v) is 6.71. The highest BCUT2D eigenvalue weighted by atomic mass is 35.5. The molecule has 2 aliphatic heterocycles. The highest BCUT2D eigenvalue weighted by Crippen LogP contribution is 2.39. The molecule has 0 aromatic heterocycles. The molecule has 1 atom stereocenters. The number of aliphatic imine (C=N–C) groups is 2. The molecule has 2 aromatic carbocycles. The summed E-state index contributed by atoms with van der Waals surface area (Å²) in [6.07, 6.45) is 12.9. The van der Waals surface area contributed by atoms with Crippen molar-refractivity contribution in [1.82, 2.24) is 20.4 Å². The van der Waals surface area contributed by atoms with Crippen LogP contribution in [-0.4, -0.2) is 104 Å². The molecule has 298 valence electrons. The second-order valence-electron chi connectivity index (χ2n) is 13.8. The number of ether oxygens (including phenoxy) is 2. The summed E-state index contributed by atoms with van der Waals surface area (Å²) in [5, 5.41) is 12.4. The maximum atomic E-state index is 14.3. The third-order valence-electron chi connectivity index (χ3n) is 9.70. The van der Waals surface area contributed by atoms with Crippen molar-refractivity contribution >= 4 is 58.4 Å². The third kappa shape index (κ3) is 10.4. The number of rotatable bonds is 17. The number of likely N-dealkylation sites (N-methyl/N-ethyl adjacent to an activating group) is 1. The Morgan fingerprint density at radius 2 is 1.57 bits per heavy atom. The van der Waals surface area contributed by atoms with E-state index in [-0.39, 0.29) is 15.8 Å². The Labute approximate surface area is 335 Å². The highest BCUT2D eigenvalue weighted by molar-refractivity contribution is 6.31. The summed E-state index contributed by atoms with van der Waals surface area (Å²) in [4.78, 5) is 41.5. The van der Waals surface area contributed by atoms with Gasteiger partial charge in [0.05, 0.1) is 35.6 Å². The Hall–Kier alpha value is -4.60. The molecule has 1 saturated heterocycles. The Morgan fingerprint density at radius 1 is 0.964 bits per heavy atom. The van der Waals surface area contributed by atoms with E-state index in [4.69, 9.17) is 37.7 Å². The van der Waals surface area contributed by atoms with Gasteiger partial charge in [0.2, 0.25) is 17.6 Å². The zero-order chi connectivity index (χ0) is 39.7. The van der Waals surface area contributed by atoms with Gasteiger partial charge in [-0.1, -0.05) is 49.2 Å². The van der Waals surface area contributed by atoms with Crippen LogP contribution in [0.2, 0.25) is 10.0 Å². The molecule has 4 N–H and O–H groups in total. The molecule has 4 aliphatic rings. The molecule has 16 heteroatoms. The van der Waals surface area contributed by atoms with Crippen LogP contribution < -0.4 is 21.3 Å². The zero-order valence-corrected chi connectivity index (χ0v) is 32.8. The first-order chi connectivity index (χ1) is 27.0. The summed E-state index contributed by atoms with van der Waals surface area (Å²) < 4.78 is 40.6. The maximum absolute atomic E-state index is 14.3. The van der Waals surface area contributed by atoms with E-state index in [9.17, 15) is 18.4 Å². The summed E-state index contributed by atoms with van der Waals surface area (Å²) in [5.74, 6) is -3.40. The quantitative estimate of drug-likeness (QED) is 0.115. The van der Waals surface area contributed by atoms with Crippen LogP contribution in [0.25, 0.3) is 0 Å². The summed E-state index contributed by atoms with van der Waals surface area (Å²) in [6.45, 7) is 9.79. The first-order valence-electron chi connectivity index (χ1n) is 18.7. The van der Waals surface area contributed by atoms with Gasteiger partial charge in [0.15, 0.2) is 5.66 Å². The van der Waals surface area contributed by atoms with Crippen LogP contribution >= 0.6 is 23.2 Å². The van der Waals surface area contributed by atoms with E-state index in [2.05, 4.69) is 36.1 Å². The molecule has 0 bridgehead atoms. The minimum atomic E-state index is -1.78. The monoisotopic (exact) mass is 810 g/mol. The molecule has 0 spiro atoms. The molecule has 12 nitrogen and oxygen atoms in total. The van der Waals surface area contributed by atoms with E-state index in [0.717, 1.165) is 39.0 Å². The predicted octanol–water partition coefficient (Wildman–Crippen LogP) is 5.90. The van der Waals surface area contributed by atoms with E-state index in [0.29, 0.717) is 61.5 Å². The second-order valence-corrected chi connectivity index (χ2v) is 14.6. The fourth-order valence-electron chi connectivity index (χ4n) is 6.35. The minimum absolute atomic E-state index is 0.147. The van der Waals surface area contributed by atoms with Gasteiger partial charge in [0.1, 0.15) is 23.7 Å². The van der Waals surface area contributed by atoms with E-state index in [1.54, 1.807) is 24.3 Å². The average Bonchev–Trinajstić information content (AvgIpc) is 4.01. The third-order valence-corrected chi connectivity index (χ3v) is 10.3. The van der Waals surface area contributed by atoms with Gasteiger partial charge in [-0.15, -0.1) is 0 Å². The number of nitrogens with one attached hydrogen (secondary N) is 4. The lowest BCUT2D eigenvalue weighted by molar-refractivity contribution is -0.121. The van der Waals surface area contributed by atoms with Crippen LogP contribution in [-0.2, 0) is 19.1 Å². The fraction of sp³-hybridized carbons (Fsp3) is 0.400. The SMILES string of the molecule is CCN(CC)CC=CC(=O)NC1(NC(=O)C=CCN2CCOCC2)C=C2C(=NC=NC2(Nc2ccc(F)c(Cl)c2)Nc2ccc(F)c(Cl)c2)C=C1OCC1CC1. The lowest BCUT2D eigenvalue weighted by Gasteiger charge is -2.43. The number of nitrogens with zero attached hydrogens (tertiary/aromatic N) is 4. The number of halogens is 4. The lowest BCUT2D eigenvalue weighted by Crippen LogP contribution is -2.63. The van der Waals surface area contributed by atoms with Crippen molar-refractivity contribution in [3.05, 3.63) is 106 Å². The minimum Gasteiger partial charge on any atom is -0.493 e. The van der Waals surface area contributed by atoms with Gasteiger partial charge >= 0.3 is 0 Å². The molecule has 56 heavy (non-hydrogen) atoms. The number of benzene rings is 2. The van der Waals surface area contributed by atoms with E-state index >= 15 is 0 Å². The van der Waals surface area contributed by atoms with Crippen LogP contribution in [0, 0.1) is 17.6 Å². The number of hydrogen-bond donors (Lipinski definition) is 4. The average molecular weight is 812 g/mol. The number of anilines is 2. The molecule has 2 amide bonds. The summed E-state index contributed by atoms with van der Waals surface area (Å²) in [5.41, 5.74) is -0.390. The Morgan fingerprint density at radius 3 is 2.14 bits per heavy atom. The van der Waals surface area contributed by atoms with E-state index in [1.165, 1.54) is 54.9 Å². The van der Waals surface area contributed by atoms with Gasteiger partial charge in [0.25, 0.3) is 0 Å². The summed E-state index contributed by atoms with van der Waals surface area (Å²) >= 11 is 12.4. The summed E-state index contributed by atoms with van der Waals surface area (Å²) in [6, 6.07) is 8.13. The molecular formula is C40H46Cl2F2N8O4. The topological polar surface area (TPSA) is 132 Å². The van der Waals surface area contributed by atoms with Crippen molar-refractivity contribution in [3.8, 4) is 0 Å². The number of carbonyl (C=O) groups is 2. The van der Waals surface area contributed by atoms with Gasteiger partial charge in [0, 0.05) is 61.4 Å². The second kappa shape index (κ2) is 18.6. The van der Waals surface area contributed by atoms with Crippen molar-refractivity contribution in [3.63, 3.8) is 0 Å². The van der Waals surface area contributed by atoms with Crippen molar-refractivity contribution < 1.29 is 27.8 Å². The van der Waals surface area contributed by atoms with Crippen molar-refractivity contribution in [1.29, 1.82) is 0 Å². The molecule has 2 aliphatic carbocycles. The number of allylic oxidation sites excluding steroid dienone is 1. The molecule has 6 rings (SSSR count). The number of carbonyl (C=O) groups excluding carboxylic acids is 2. The van der Waals surface area contributed by atoms with Gasteiger partial charge in [-0.25, -0.2) is 18.8 Å². The van der Waals surface area contributed by atoms with Crippen LogP contribution in [0.5, 0.6) is 0 Å². The first kappa shape index (κ1) is 41.0. The van der Waals surface area contributed by atoms with Crippen molar-refractivity contribution in [2.45, 2.75) is 38.1 Å². The smallest absolute Gasteiger partial charge is 0.246 e. The van der Waals surface area contributed by atoms with E-state index in [1.807, 2.05) is 13.8 Å². The number of hydrogen-bond acceptors (Lipinski definition) is 10. The number of morpholine rings is 1. The molecule has 0 radical (unpaired) electrons. The molecule has 1 unspecified atom stereocenters. The standard InChI is InChI=1S/C40H46Cl2F2N8O4/c1-3-51(4-2)15-5-7-37(53)49-39(50-38(54)8-6-16-52-17-19-55-20-18-52)24-30-35(23-36(39)56-25-27-9-10-27)45-26-46-40(30,47-28-11-13-33(43)31(41)21-28)48-29-12-14-34(44)32(42)22-29/h5-8,11-14,21-24,26-27,47-48H,3-4,9-10,15-20,25H2,1-2H3,(H,49,53)(H,50,54). The highest BCUT2D eigenvalue weighted by Gasteiger charge is 2.48. The zero-order valence-electron chi connectivity index (χ0n) is 31.3. The van der Waals surface area contributed by atoms with Crippen LogP contribution in [0.1, 0.15) is 26.7 Å². The van der Waals surface area contributed by atoms with Gasteiger partial charge in [-0.05, 0) is 74.3 Å². The molecule has 2 aromatic rings. The lowest BCUT2D eigenvalue weighted by atomic mass is 9.87. The number of fused-ring (bicyclic) bond motifs is 1. The Bertz CT molecular complexity index is 1900. The van der Waals surface area contributed by atoms with Crippen LogP contribution in [0.15, 0.2) is 94.2 Å². The van der Waals surface area contributed by atoms with Crippen molar-refractivity contribution in [2.75, 3.05) is 69.7 Å². The molecule has 1 saturated carbocycles. The molecule has 2 heterocycles. The van der Waals surface area contributed by atoms with Gasteiger partial charge in [-0.3, -0.25) is 14.5 Å². The molecule has 2 fully saturated rings. The Kier molecular flexibility index (Phi) is 13.6. The van der Waals surface area contributed by atoms with Crippen LogP contribution in [0.3, 0.4) is 0 Å². The predicted molar refractivity (Wildman–Crippen MR) is 216 cm³/mol. The Balaban J connectivity index is 1.45. The van der Waals surface area contributed by atoms with E-state index < -0.39 is 34.9 Å². The van der Waals surface area contributed by atoms with Gasteiger partial charge in [-0.2, -0.15) is 0 Å². The summed E-state index contributed by atoms with van der Waals surface area (Å²) in [7, 11) is 0. The van der Waals surface area contributed by atoms with Gasteiger partial charge < -0.3 is 35.6 Å². The largest absolute Gasteiger partial charge is 0.493 e. The van der Waals surface area contributed by atoms with Crippen molar-refractivity contribution in [2.24, 2.45) is 15.9 Å². The maximum Gasteiger partial charge on any atom is 0.246 e. The molecular weight excluding hydrogens is 765 g/mol. The normalized spacial score (nSPS) is 20.7. The first-order valence-corrected chi connectivity index (χ1v) is 19.4. The number of amides is 2. The van der Waals surface area contributed by atoms with Crippen LogP contribution in [0.4, 0.5) is 20.2 Å².